The second-order valence-corrected chi connectivity index (χ2v) is 6.66. The average Bonchev–Trinajstić information content (AvgIpc) is 3.09. The normalized spacial score (nSPS) is 13.9. The summed E-state index contributed by atoms with van der Waals surface area (Å²) in [5.74, 6) is 1.14. The molecule has 0 amide bonds. The Kier molecular flexibility index (Phi) is 3.51. The number of nitrogens with zero attached hydrogens (tertiary/aromatic N) is 5. The molecule has 2 aromatic heterocycles. The number of hydrogen-bond acceptors (Lipinski definition) is 4. The van der Waals surface area contributed by atoms with Crippen molar-refractivity contribution in [1.29, 1.82) is 0 Å². The van der Waals surface area contributed by atoms with E-state index in [1.54, 1.807) is 11.0 Å². The number of hydrogen-bond donors (Lipinski definition) is 1. The highest BCUT2D eigenvalue weighted by Gasteiger charge is 2.26. The van der Waals surface area contributed by atoms with E-state index in [9.17, 15) is 5.11 Å². The minimum absolute atomic E-state index is 0.428. The van der Waals surface area contributed by atoms with Crippen LogP contribution in [0.2, 0.25) is 5.15 Å². The summed E-state index contributed by atoms with van der Waals surface area (Å²) in [6.07, 6.45) is 1.59. The highest BCUT2D eigenvalue weighted by atomic mass is 79.9. The molecular weight excluding hydrogens is 382 g/mol. The molecule has 0 saturated heterocycles. The van der Waals surface area contributed by atoms with Gasteiger partial charge in [-0.1, -0.05) is 34.5 Å². The van der Waals surface area contributed by atoms with Gasteiger partial charge in [0.15, 0.2) is 16.8 Å². The van der Waals surface area contributed by atoms with Crippen molar-refractivity contribution in [1.82, 2.24) is 24.3 Å². The molecule has 23 heavy (non-hydrogen) atoms. The number of benzene rings is 1. The monoisotopic (exact) mass is 393 g/mol. The largest absolute Gasteiger partial charge is 0.385 e. The van der Waals surface area contributed by atoms with Crippen molar-refractivity contribution in [2.24, 2.45) is 0 Å². The fourth-order valence-corrected chi connectivity index (χ4v) is 3.29. The summed E-state index contributed by atoms with van der Waals surface area (Å²) in [5, 5.41) is 15.0. The number of rotatable bonds is 2. The summed E-state index contributed by atoms with van der Waals surface area (Å²) in [6.45, 7) is 2.34. The molecule has 3 heterocycles. The van der Waals surface area contributed by atoms with E-state index < -0.39 is 6.10 Å². The standard InChI is InChI=1S/C15H13BrClN5O/c1-2-12(23)14-19-15-9-5-8(16)3-4-10(9)21-7-18-13(17)11(21)6-22(15)20-14/h3-5,7,12,23H,2,6H2,1H3. The van der Waals surface area contributed by atoms with Crippen LogP contribution in [0.3, 0.4) is 0 Å². The van der Waals surface area contributed by atoms with E-state index in [2.05, 4.69) is 31.0 Å². The van der Waals surface area contributed by atoms with Gasteiger partial charge in [0.05, 0.1) is 17.9 Å². The van der Waals surface area contributed by atoms with Crippen molar-refractivity contribution >= 4 is 27.5 Å². The van der Waals surface area contributed by atoms with Crippen LogP contribution in [0.25, 0.3) is 17.1 Å². The molecule has 0 aliphatic carbocycles. The first kappa shape index (κ1) is 14.9. The summed E-state index contributed by atoms with van der Waals surface area (Å²) < 4.78 is 4.67. The lowest BCUT2D eigenvalue weighted by molar-refractivity contribution is 0.163. The fourth-order valence-electron chi connectivity index (χ4n) is 2.73. The van der Waals surface area contributed by atoms with Gasteiger partial charge in [-0.2, -0.15) is 5.10 Å². The van der Waals surface area contributed by atoms with Crippen molar-refractivity contribution in [2.75, 3.05) is 0 Å². The third-order valence-corrected chi connectivity index (χ3v) is 4.76. The van der Waals surface area contributed by atoms with Crippen LogP contribution in [0.1, 0.15) is 31.0 Å². The van der Waals surface area contributed by atoms with E-state index in [4.69, 9.17) is 11.6 Å². The smallest absolute Gasteiger partial charge is 0.179 e. The zero-order valence-corrected chi connectivity index (χ0v) is 14.6. The average molecular weight is 395 g/mol. The van der Waals surface area contributed by atoms with E-state index in [0.29, 0.717) is 29.8 Å². The molecule has 0 radical (unpaired) electrons. The molecule has 118 valence electrons. The Hall–Kier alpha value is -1.70. The molecule has 1 N–H and O–H groups in total. The van der Waals surface area contributed by atoms with E-state index in [-0.39, 0.29) is 0 Å². The van der Waals surface area contributed by atoms with Gasteiger partial charge in [0.1, 0.15) is 12.4 Å². The maximum atomic E-state index is 10.1. The Labute approximate surface area is 145 Å². The Balaban J connectivity index is 2.01. The van der Waals surface area contributed by atoms with Crippen LogP contribution >= 0.6 is 27.5 Å². The van der Waals surface area contributed by atoms with Crippen LogP contribution in [0.15, 0.2) is 29.0 Å². The molecule has 6 nitrogen and oxygen atoms in total. The molecule has 1 atom stereocenters. The zero-order valence-electron chi connectivity index (χ0n) is 12.2. The maximum Gasteiger partial charge on any atom is 0.179 e. The number of halogens is 2. The van der Waals surface area contributed by atoms with Gasteiger partial charge in [-0.3, -0.25) is 4.57 Å². The van der Waals surface area contributed by atoms with Gasteiger partial charge in [-0.25, -0.2) is 14.6 Å². The number of imidazole rings is 1. The van der Waals surface area contributed by atoms with E-state index in [1.807, 2.05) is 29.7 Å². The number of aromatic nitrogens is 5. The summed E-state index contributed by atoms with van der Waals surface area (Å²) in [5.41, 5.74) is 2.69. The quantitative estimate of drug-likeness (QED) is 0.566. The Morgan fingerprint density at radius 3 is 3.04 bits per heavy atom. The van der Waals surface area contributed by atoms with E-state index >= 15 is 0 Å². The molecule has 3 aromatic rings. The van der Waals surface area contributed by atoms with Gasteiger partial charge in [-0.05, 0) is 24.6 Å². The van der Waals surface area contributed by atoms with Crippen LogP contribution in [0.4, 0.5) is 0 Å². The van der Waals surface area contributed by atoms with Gasteiger partial charge in [0, 0.05) is 10.0 Å². The summed E-state index contributed by atoms with van der Waals surface area (Å²) in [6, 6.07) is 5.94. The van der Waals surface area contributed by atoms with Crippen molar-refractivity contribution in [3.05, 3.63) is 45.7 Å². The third kappa shape index (κ3) is 2.31. The summed E-state index contributed by atoms with van der Waals surface area (Å²) >= 11 is 9.74. The predicted octanol–water partition coefficient (Wildman–Crippen LogP) is 3.35. The van der Waals surface area contributed by atoms with Crippen LogP contribution in [0.5, 0.6) is 0 Å². The number of aliphatic hydroxyl groups excluding tert-OH is 1. The minimum Gasteiger partial charge on any atom is -0.385 e. The van der Waals surface area contributed by atoms with Gasteiger partial charge < -0.3 is 5.11 Å². The summed E-state index contributed by atoms with van der Waals surface area (Å²) in [4.78, 5) is 8.76. The van der Waals surface area contributed by atoms with Crippen LogP contribution in [0, 0.1) is 0 Å². The van der Waals surface area contributed by atoms with Gasteiger partial charge >= 0.3 is 0 Å². The lowest BCUT2D eigenvalue weighted by Crippen LogP contribution is -2.06. The molecule has 4 rings (SSSR count). The van der Waals surface area contributed by atoms with Crippen molar-refractivity contribution in [3.8, 4) is 17.1 Å². The van der Waals surface area contributed by atoms with Crippen LogP contribution in [-0.4, -0.2) is 29.4 Å². The molecule has 8 heteroatoms. The first-order chi connectivity index (χ1) is 11.1. The minimum atomic E-state index is -0.676. The SMILES string of the molecule is CCC(O)c1nc2n(n1)Cc1c(Cl)ncn1-c1ccc(Br)cc1-2. The topological polar surface area (TPSA) is 68.8 Å². The number of aliphatic hydroxyl groups is 1. The van der Waals surface area contributed by atoms with Crippen LogP contribution in [-0.2, 0) is 6.54 Å². The van der Waals surface area contributed by atoms with E-state index in [1.165, 1.54) is 0 Å². The highest BCUT2D eigenvalue weighted by molar-refractivity contribution is 9.10. The molecule has 0 bridgehead atoms. The Morgan fingerprint density at radius 1 is 1.43 bits per heavy atom. The van der Waals surface area contributed by atoms with Crippen molar-refractivity contribution in [3.63, 3.8) is 0 Å². The second-order valence-electron chi connectivity index (χ2n) is 5.39. The van der Waals surface area contributed by atoms with Gasteiger partial charge in [-0.15, -0.1) is 0 Å². The molecular formula is C15H13BrClN5O. The molecule has 0 fully saturated rings. The molecule has 0 saturated carbocycles. The molecule has 1 aliphatic rings. The Morgan fingerprint density at radius 2 is 2.26 bits per heavy atom. The summed E-state index contributed by atoms with van der Waals surface area (Å²) in [7, 11) is 0. The molecule has 0 spiro atoms. The molecule has 1 aliphatic heterocycles. The number of fused-ring (bicyclic) bond motifs is 5. The third-order valence-electron chi connectivity index (χ3n) is 3.95. The van der Waals surface area contributed by atoms with Gasteiger partial charge in [0.25, 0.3) is 0 Å². The second kappa shape index (κ2) is 5.43. The first-order valence-corrected chi connectivity index (χ1v) is 8.40. The van der Waals surface area contributed by atoms with Gasteiger partial charge in [0.2, 0.25) is 0 Å². The molecule has 1 aromatic carbocycles. The first-order valence-electron chi connectivity index (χ1n) is 7.23. The predicted molar refractivity (Wildman–Crippen MR) is 89.6 cm³/mol. The lowest BCUT2D eigenvalue weighted by Gasteiger charge is -2.08. The maximum absolute atomic E-state index is 10.1. The van der Waals surface area contributed by atoms with Crippen molar-refractivity contribution < 1.29 is 5.11 Å². The fraction of sp³-hybridized carbons (Fsp3) is 0.267. The van der Waals surface area contributed by atoms with Crippen molar-refractivity contribution in [2.45, 2.75) is 26.0 Å². The van der Waals surface area contributed by atoms with E-state index in [0.717, 1.165) is 21.4 Å². The highest BCUT2D eigenvalue weighted by Crippen LogP contribution is 2.35. The lowest BCUT2D eigenvalue weighted by atomic mass is 10.1. The zero-order chi connectivity index (χ0) is 16.1. The Bertz CT molecular complexity index is 903. The van der Waals surface area contributed by atoms with Crippen LogP contribution < -0.4 is 0 Å². The molecule has 1 unspecified atom stereocenters.